The maximum Gasteiger partial charge on any atom is 0.178 e. The first-order valence-corrected chi connectivity index (χ1v) is 7.15. The number of carbonyl (C=O) groups is 1. The molecule has 1 aromatic heterocycles. The molecular weight excluding hydrogens is 278 g/mol. The lowest BCUT2D eigenvalue weighted by atomic mass is 10.1. The van der Waals surface area contributed by atoms with E-state index in [2.05, 4.69) is 41.3 Å². The van der Waals surface area contributed by atoms with Crippen molar-refractivity contribution in [3.63, 3.8) is 0 Å². The Balaban J connectivity index is 3.08. The first-order valence-electron chi connectivity index (χ1n) is 6.23. The highest BCUT2D eigenvalue weighted by atomic mass is 79.9. The van der Waals surface area contributed by atoms with Crippen molar-refractivity contribution in [2.24, 2.45) is 5.92 Å². The van der Waals surface area contributed by atoms with Crippen LogP contribution in [0.4, 0.5) is 0 Å². The summed E-state index contributed by atoms with van der Waals surface area (Å²) in [5.74, 6) is 0.796. The summed E-state index contributed by atoms with van der Waals surface area (Å²) >= 11 is 3.44. The van der Waals surface area contributed by atoms with Gasteiger partial charge in [-0.3, -0.25) is 4.79 Å². The van der Waals surface area contributed by atoms with Crippen LogP contribution in [0.2, 0.25) is 0 Å². The van der Waals surface area contributed by atoms with Crippen molar-refractivity contribution < 1.29 is 4.79 Å². The van der Waals surface area contributed by atoms with Crippen molar-refractivity contribution in [2.45, 2.75) is 52.4 Å². The number of aryl methyl sites for hydroxylation is 1. The standard InChI is InChI=1S/C14H22BrNO/c1-6-13(15)14(17)12-7-10(4)16(11(12)5)8-9(2)3/h7,9,13H,6,8H2,1-5H3. The molecule has 3 heteroatoms. The van der Waals surface area contributed by atoms with Gasteiger partial charge in [0.25, 0.3) is 0 Å². The molecule has 1 heterocycles. The van der Waals surface area contributed by atoms with E-state index in [4.69, 9.17) is 0 Å². The Hall–Kier alpha value is -0.570. The molecule has 1 rings (SSSR count). The maximum atomic E-state index is 12.2. The van der Waals surface area contributed by atoms with Gasteiger partial charge in [-0.05, 0) is 32.3 Å². The van der Waals surface area contributed by atoms with E-state index in [1.807, 2.05) is 19.9 Å². The third-order valence-corrected chi connectivity index (χ3v) is 4.09. The van der Waals surface area contributed by atoms with Gasteiger partial charge in [0.15, 0.2) is 5.78 Å². The predicted octanol–water partition coefficient (Wildman–Crippen LogP) is 4.12. The van der Waals surface area contributed by atoms with Crippen molar-refractivity contribution in [3.05, 3.63) is 23.0 Å². The minimum absolute atomic E-state index is 0.0597. The number of carbonyl (C=O) groups excluding carboxylic acids is 1. The molecular formula is C14H22BrNO. The minimum Gasteiger partial charge on any atom is -0.348 e. The van der Waals surface area contributed by atoms with Gasteiger partial charge in [-0.2, -0.15) is 0 Å². The summed E-state index contributed by atoms with van der Waals surface area (Å²) in [4.78, 5) is 12.1. The van der Waals surface area contributed by atoms with Crippen LogP contribution in [-0.4, -0.2) is 15.2 Å². The zero-order valence-corrected chi connectivity index (χ0v) is 13.0. The second kappa shape index (κ2) is 5.85. The van der Waals surface area contributed by atoms with Gasteiger partial charge in [0, 0.05) is 23.5 Å². The normalized spacial score (nSPS) is 13.1. The lowest BCUT2D eigenvalue weighted by Gasteiger charge is -2.12. The fourth-order valence-electron chi connectivity index (χ4n) is 2.05. The number of nitrogens with zero attached hydrogens (tertiary/aromatic N) is 1. The van der Waals surface area contributed by atoms with E-state index < -0.39 is 0 Å². The van der Waals surface area contributed by atoms with E-state index in [-0.39, 0.29) is 10.6 Å². The van der Waals surface area contributed by atoms with Gasteiger partial charge in [0.1, 0.15) is 0 Å². The Morgan fingerprint density at radius 3 is 2.47 bits per heavy atom. The Kier molecular flexibility index (Phi) is 4.99. The number of hydrogen-bond donors (Lipinski definition) is 0. The summed E-state index contributed by atoms with van der Waals surface area (Å²) < 4.78 is 2.24. The number of rotatable bonds is 5. The molecule has 0 aromatic carbocycles. The molecule has 1 atom stereocenters. The monoisotopic (exact) mass is 299 g/mol. The predicted molar refractivity (Wildman–Crippen MR) is 76.1 cm³/mol. The van der Waals surface area contributed by atoms with Gasteiger partial charge in [0.2, 0.25) is 0 Å². The Morgan fingerprint density at radius 2 is 2.00 bits per heavy atom. The highest BCUT2D eigenvalue weighted by molar-refractivity contribution is 9.10. The van der Waals surface area contributed by atoms with E-state index >= 15 is 0 Å². The van der Waals surface area contributed by atoms with E-state index in [0.29, 0.717) is 5.92 Å². The molecule has 0 aliphatic carbocycles. The largest absolute Gasteiger partial charge is 0.348 e. The van der Waals surface area contributed by atoms with Crippen LogP contribution in [0.15, 0.2) is 6.07 Å². The minimum atomic E-state index is -0.0597. The molecule has 0 aliphatic rings. The van der Waals surface area contributed by atoms with E-state index in [9.17, 15) is 4.79 Å². The molecule has 1 aromatic rings. The van der Waals surface area contributed by atoms with Crippen LogP contribution in [0.3, 0.4) is 0 Å². The first kappa shape index (κ1) is 14.5. The summed E-state index contributed by atoms with van der Waals surface area (Å²) in [6.07, 6.45) is 0.826. The molecule has 0 bridgehead atoms. The molecule has 0 radical (unpaired) electrons. The lowest BCUT2D eigenvalue weighted by molar-refractivity contribution is 0.0989. The number of ketones is 1. The Labute approximate surface area is 113 Å². The Bertz CT molecular complexity index is 407. The highest BCUT2D eigenvalue weighted by Crippen LogP contribution is 2.21. The molecule has 1 unspecified atom stereocenters. The van der Waals surface area contributed by atoms with Gasteiger partial charge in [-0.25, -0.2) is 0 Å². The fraction of sp³-hybridized carbons (Fsp3) is 0.643. The van der Waals surface area contributed by atoms with Crippen molar-refractivity contribution >= 4 is 21.7 Å². The van der Waals surface area contributed by atoms with Crippen molar-refractivity contribution in [1.29, 1.82) is 0 Å². The van der Waals surface area contributed by atoms with Crippen LogP contribution in [0.1, 0.15) is 48.9 Å². The molecule has 96 valence electrons. The first-order chi connectivity index (χ1) is 7.88. The molecule has 2 nitrogen and oxygen atoms in total. The average molecular weight is 300 g/mol. The van der Waals surface area contributed by atoms with Crippen LogP contribution < -0.4 is 0 Å². The van der Waals surface area contributed by atoms with Crippen LogP contribution in [0, 0.1) is 19.8 Å². The van der Waals surface area contributed by atoms with Gasteiger partial charge in [-0.1, -0.05) is 36.7 Å². The maximum absolute atomic E-state index is 12.2. The summed E-state index contributed by atoms with van der Waals surface area (Å²) in [5.41, 5.74) is 3.14. The molecule has 0 N–H and O–H groups in total. The zero-order chi connectivity index (χ0) is 13.2. The zero-order valence-electron chi connectivity index (χ0n) is 11.4. The van der Waals surface area contributed by atoms with Crippen molar-refractivity contribution in [3.8, 4) is 0 Å². The van der Waals surface area contributed by atoms with Crippen LogP contribution in [-0.2, 0) is 6.54 Å². The molecule has 0 amide bonds. The second-order valence-corrected chi connectivity index (χ2v) is 6.13. The number of Topliss-reactive ketones (excluding diaryl/α,β-unsaturated/α-hetero) is 1. The molecule has 0 saturated heterocycles. The SMILES string of the molecule is CCC(Br)C(=O)c1cc(C)n(CC(C)C)c1C. The molecule has 17 heavy (non-hydrogen) atoms. The van der Waals surface area contributed by atoms with Crippen LogP contribution in [0.5, 0.6) is 0 Å². The third-order valence-electron chi connectivity index (χ3n) is 3.03. The fourth-order valence-corrected chi connectivity index (χ4v) is 2.30. The molecule has 0 saturated carbocycles. The number of aromatic nitrogens is 1. The summed E-state index contributed by atoms with van der Waals surface area (Å²) in [5, 5.41) is 0. The average Bonchev–Trinajstić information content (AvgIpc) is 2.54. The number of hydrogen-bond acceptors (Lipinski definition) is 1. The van der Waals surface area contributed by atoms with Crippen molar-refractivity contribution in [1.82, 2.24) is 4.57 Å². The smallest absolute Gasteiger partial charge is 0.178 e. The van der Waals surface area contributed by atoms with Gasteiger partial charge in [0.05, 0.1) is 4.83 Å². The highest BCUT2D eigenvalue weighted by Gasteiger charge is 2.20. The van der Waals surface area contributed by atoms with Crippen LogP contribution >= 0.6 is 15.9 Å². The third kappa shape index (κ3) is 3.21. The molecule has 0 aliphatic heterocycles. The number of alkyl halides is 1. The van der Waals surface area contributed by atoms with E-state index in [1.165, 1.54) is 5.69 Å². The second-order valence-electron chi connectivity index (χ2n) is 5.03. The topological polar surface area (TPSA) is 22.0 Å². The summed E-state index contributed by atoms with van der Waals surface area (Å²) in [7, 11) is 0. The molecule has 0 fully saturated rings. The van der Waals surface area contributed by atoms with Gasteiger partial charge < -0.3 is 4.57 Å². The quantitative estimate of drug-likeness (QED) is 0.592. The van der Waals surface area contributed by atoms with Crippen molar-refractivity contribution in [2.75, 3.05) is 0 Å². The van der Waals surface area contributed by atoms with E-state index in [1.54, 1.807) is 0 Å². The number of halogens is 1. The Morgan fingerprint density at radius 1 is 1.41 bits per heavy atom. The van der Waals surface area contributed by atoms with Gasteiger partial charge >= 0.3 is 0 Å². The van der Waals surface area contributed by atoms with Gasteiger partial charge in [-0.15, -0.1) is 0 Å². The molecule has 0 spiro atoms. The van der Waals surface area contributed by atoms with Crippen LogP contribution in [0.25, 0.3) is 0 Å². The van der Waals surface area contributed by atoms with E-state index in [0.717, 1.165) is 24.2 Å². The lowest BCUT2D eigenvalue weighted by Crippen LogP contribution is -2.15. The summed E-state index contributed by atoms with van der Waals surface area (Å²) in [6.45, 7) is 11.5. The summed E-state index contributed by atoms with van der Waals surface area (Å²) in [6, 6.07) is 2.02.